The number of hydrogen-bond acceptors (Lipinski definition) is 3. The minimum atomic E-state index is -1.35. The number of hydrogen-bond donors (Lipinski definition) is 0. The Kier molecular flexibility index (Phi) is 7.87. The summed E-state index contributed by atoms with van der Waals surface area (Å²) in [4.78, 5) is 9.92. The van der Waals surface area contributed by atoms with E-state index < -0.39 is 8.07 Å². The Morgan fingerprint density at radius 2 is 0.898 bits per heavy atom. The van der Waals surface area contributed by atoms with E-state index in [0.29, 0.717) is 5.89 Å². The van der Waals surface area contributed by atoms with Gasteiger partial charge in [0.05, 0.1) is 19.5 Å². The largest absolute Gasteiger partial charge is 0.436 e. The van der Waals surface area contributed by atoms with E-state index >= 15 is 0 Å². The maximum Gasteiger partial charge on any atom is 0.227 e. The van der Waals surface area contributed by atoms with Crippen LogP contribution < -0.4 is 5.19 Å². The summed E-state index contributed by atoms with van der Waals surface area (Å²) in [6.07, 6.45) is 0. The molecular weight excluding hydrogens is 613 g/mol. The fourth-order valence-electron chi connectivity index (χ4n) is 6.33. The smallest absolute Gasteiger partial charge is 0.227 e. The first-order chi connectivity index (χ1) is 23.9. The van der Waals surface area contributed by atoms with Gasteiger partial charge in [0.25, 0.3) is 0 Å². The molecule has 2 heterocycles. The molecule has 0 radical (unpaired) electrons. The van der Waals surface area contributed by atoms with E-state index in [9.17, 15) is 0 Å². The van der Waals surface area contributed by atoms with Crippen LogP contribution in [-0.4, -0.2) is 18.0 Å². The summed E-state index contributed by atoms with van der Waals surface area (Å²) in [5.41, 5.74) is 13.5. The lowest BCUT2D eigenvalue weighted by Crippen LogP contribution is -2.37. The van der Waals surface area contributed by atoms with Crippen molar-refractivity contribution in [2.75, 3.05) is 0 Å². The van der Waals surface area contributed by atoms with Crippen LogP contribution in [0.3, 0.4) is 0 Å². The number of pyridine rings is 1. The van der Waals surface area contributed by atoms with Gasteiger partial charge < -0.3 is 4.42 Å². The zero-order valence-electron chi connectivity index (χ0n) is 27.9. The number of para-hydroxylation sites is 2. The van der Waals surface area contributed by atoms with E-state index in [1.54, 1.807) is 0 Å². The normalized spacial score (nSPS) is 11.6. The van der Waals surface area contributed by atoms with Crippen LogP contribution in [0.25, 0.3) is 78.4 Å². The fraction of sp³-hybridized carbons (Fsp3) is 0.0667. The molecule has 8 rings (SSSR count). The number of oxazole rings is 1. The van der Waals surface area contributed by atoms with Crippen LogP contribution in [0.5, 0.6) is 0 Å². The zero-order chi connectivity index (χ0) is 33.4. The number of rotatable bonds is 7. The summed E-state index contributed by atoms with van der Waals surface area (Å²) < 4.78 is 6.11. The standard InChI is InChI=1S/C45H36N2OSi/c1-49(2,3)40-24-22-31(23-25-40)33-14-9-15-34(26-33)35-16-10-17-36(27-35)39-29-42(32-12-5-4-6-13-32)46-43(30-39)37-18-11-19-38(28-37)45-47-41-20-7-8-21-44(41)48-45/h4-30H,1-3H3. The average Bonchev–Trinajstić information content (AvgIpc) is 3.60. The van der Waals surface area contributed by atoms with Gasteiger partial charge >= 0.3 is 0 Å². The number of nitrogens with zero attached hydrogens (tertiary/aromatic N) is 2. The molecule has 0 saturated carbocycles. The first-order valence-corrected chi connectivity index (χ1v) is 20.2. The average molecular weight is 649 g/mol. The summed E-state index contributed by atoms with van der Waals surface area (Å²) in [5, 5.41) is 1.48. The monoisotopic (exact) mass is 648 g/mol. The third-order valence-corrected chi connectivity index (χ3v) is 11.1. The van der Waals surface area contributed by atoms with Gasteiger partial charge in [-0.25, -0.2) is 9.97 Å². The molecule has 6 aromatic carbocycles. The van der Waals surface area contributed by atoms with E-state index in [1.165, 1.54) is 27.4 Å². The third kappa shape index (κ3) is 6.39. The molecule has 0 bridgehead atoms. The highest BCUT2D eigenvalue weighted by Gasteiger charge is 2.16. The molecule has 0 saturated heterocycles. The molecule has 0 aliphatic carbocycles. The Morgan fingerprint density at radius 1 is 0.388 bits per heavy atom. The van der Waals surface area contributed by atoms with Gasteiger partial charge in [0.1, 0.15) is 5.52 Å². The Labute approximate surface area is 288 Å². The van der Waals surface area contributed by atoms with E-state index in [1.807, 2.05) is 42.5 Å². The predicted molar refractivity (Wildman–Crippen MR) is 207 cm³/mol. The summed E-state index contributed by atoms with van der Waals surface area (Å²) in [6, 6.07) is 57.8. The highest BCUT2D eigenvalue weighted by Crippen LogP contribution is 2.35. The van der Waals surface area contributed by atoms with Crippen molar-refractivity contribution in [2.24, 2.45) is 0 Å². The maximum absolute atomic E-state index is 6.11. The van der Waals surface area contributed by atoms with Gasteiger partial charge in [-0.15, -0.1) is 0 Å². The summed E-state index contributed by atoms with van der Waals surface area (Å²) in [7, 11) is -1.35. The third-order valence-electron chi connectivity index (χ3n) is 9.07. The molecule has 2 aromatic heterocycles. The second kappa shape index (κ2) is 12.6. The zero-order valence-corrected chi connectivity index (χ0v) is 28.9. The lowest BCUT2D eigenvalue weighted by atomic mass is 9.95. The van der Waals surface area contributed by atoms with Crippen molar-refractivity contribution >= 4 is 24.4 Å². The summed E-state index contributed by atoms with van der Waals surface area (Å²) in [5.74, 6) is 0.601. The molecule has 0 fully saturated rings. The summed E-state index contributed by atoms with van der Waals surface area (Å²) >= 11 is 0. The predicted octanol–water partition coefficient (Wildman–Crippen LogP) is 11.8. The number of fused-ring (bicyclic) bond motifs is 1. The lowest BCUT2D eigenvalue weighted by Gasteiger charge is -2.17. The van der Waals surface area contributed by atoms with Crippen LogP contribution in [0.1, 0.15) is 0 Å². The molecular formula is C45H36N2OSi. The van der Waals surface area contributed by atoms with Gasteiger partial charge in [0.15, 0.2) is 5.58 Å². The SMILES string of the molecule is C[Si](C)(C)c1ccc(-c2cccc(-c3cccc(-c4cc(-c5ccccc5)nc(-c5cccc(-c6nc7ccccc7o6)c5)c4)c3)c2)cc1. The van der Waals surface area contributed by atoms with Crippen LogP contribution in [0.4, 0.5) is 0 Å². The van der Waals surface area contributed by atoms with Crippen molar-refractivity contribution in [2.45, 2.75) is 19.6 Å². The van der Waals surface area contributed by atoms with Crippen LogP contribution in [0.15, 0.2) is 168 Å². The second-order valence-electron chi connectivity index (χ2n) is 13.5. The Morgan fingerprint density at radius 3 is 1.55 bits per heavy atom. The van der Waals surface area contributed by atoms with Crippen LogP contribution >= 0.6 is 0 Å². The number of benzene rings is 6. The van der Waals surface area contributed by atoms with Gasteiger partial charge in [-0.3, -0.25) is 0 Å². The molecule has 49 heavy (non-hydrogen) atoms. The molecule has 8 aromatic rings. The van der Waals surface area contributed by atoms with Crippen molar-refractivity contribution in [3.63, 3.8) is 0 Å². The maximum atomic E-state index is 6.11. The first-order valence-electron chi connectivity index (χ1n) is 16.7. The van der Waals surface area contributed by atoms with Gasteiger partial charge in [-0.1, -0.05) is 140 Å². The van der Waals surface area contributed by atoms with Crippen LogP contribution in [0.2, 0.25) is 19.6 Å². The number of aromatic nitrogens is 2. The molecule has 0 N–H and O–H groups in total. The molecule has 4 heteroatoms. The minimum absolute atomic E-state index is 0.601. The van der Waals surface area contributed by atoms with Crippen LogP contribution in [-0.2, 0) is 0 Å². The summed E-state index contributed by atoms with van der Waals surface area (Å²) in [6.45, 7) is 7.17. The van der Waals surface area contributed by atoms with E-state index in [4.69, 9.17) is 14.4 Å². The quantitative estimate of drug-likeness (QED) is 0.161. The molecule has 0 aliphatic heterocycles. The van der Waals surface area contributed by atoms with E-state index in [-0.39, 0.29) is 0 Å². The molecule has 0 aliphatic rings. The van der Waals surface area contributed by atoms with Crippen molar-refractivity contribution in [1.82, 2.24) is 9.97 Å². The van der Waals surface area contributed by atoms with Crippen molar-refractivity contribution in [1.29, 1.82) is 0 Å². The molecule has 236 valence electrons. The van der Waals surface area contributed by atoms with E-state index in [2.05, 4.69) is 141 Å². The van der Waals surface area contributed by atoms with Gasteiger partial charge in [0, 0.05) is 16.7 Å². The highest BCUT2D eigenvalue weighted by molar-refractivity contribution is 6.88. The van der Waals surface area contributed by atoms with Crippen molar-refractivity contribution < 1.29 is 4.42 Å². The second-order valence-corrected chi connectivity index (χ2v) is 18.6. The Hall–Kier alpha value is -5.84. The molecule has 0 atom stereocenters. The lowest BCUT2D eigenvalue weighted by molar-refractivity contribution is 0.620. The highest BCUT2D eigenvalue weighted by atomic mass is 28.3. The Bertz CT molecular complexity index is 2390. The minimum Gasteiger partial charge on any atom is -0.436 e. The Balaban J connectivity index is 1.18. The topological polar surface area (TPSA) is 38.9 Å². The molecule has 0 amide bonds. The van der Waals surface area contributed by atoms with E-state index in [0.717, 1.165) is 50.3 Å². The fourth-order valence-corrected chi connectivity index (χ4v) is 7.50. The van der Waals surface area contributed by atoms with Crippen molar-refractivity contribution in [3.05, 3.63) is 164 Å². The van der Waals surface area contributed by atoms with Gasteiger partial charge in [-0.2, -0.15) is 0 Å². The van der Waals surface area contributed by atoms with Gasteiger partial charge in [0.2, 0.25) is 5.89 Å². The molecule has 3 nitrogen and oxygen atoms in total. The van der Waals surface area contributed by atoms with Crippen LogP contribution in [0, 0.1) is 0 Å². The van der Waals surface area contributed by atoms with Crippen molar-refractivity contribution in [3.8, 4) is 67.3 Å². The molecule has 0 unspecified atom stereocenters. The first kappa shape index (κ1) is 30.5. The van der Waals surface area contributed by atoms with Gasteiger partial charge in [-0.05, 0) is 81.9 Å². The molecule has 0 spiro atoms.